The summed E-state index contributed by atoms with van der Waals surface area (Å²) < 4.78 is 5.28. The Morgan fingerprint density at radius 3 is 2.79 bits per heavy atom. The molecule has 2 aliphatic carbocycles. The molecule has 0 aromatic carbocycles. The average molecular weight is 261 g/mol. The first-order valence-electron chi connectivity index (χ1n) is 6.72. The highest BCUT2D eigenvalue weighted by atomic mass is 16.5. The number of nitrogens with zero attached hydrogens (tertiary/aromatic N) is 1. The van der Waals surface area contributed by atoms with Gasteiger partial charge in [-0.3, -0.25) is 9.59 Å². The second kappa shape index (κ2) is 3.90. The molecular weight excluding hydrogens is 246 g/mol. The minimum absolute atomic E-state index is 0.201. The predicted molar refractivity (Wildman–Crippen MR) is 65.9 cm³/mol. The third kappa shape index (κ3) is 1.96. The summed E-state index contributed by atoms with van der Waals surface area (Å²) in [6, 6.07) is 1.47. The molecule has 1 aliphatic heterocycles. The highest BCUT2D eigenvalue weighted by Gasteiger charge is 2.54. The summed E-state index contributed by atoms with van der Waals surface area (Å²) in [6.07, 6.45) is 2.08. The molecule has 3 fully saturated rings. The van der Waals surface area contributed by atoms with Crippen LogP contribution in [0.25, 0.3) is 0 Å². The molecule has 2 saturated carbocycles. The van der Waals surface area contributed by atoms with Gasteiger partial charge in [-0.05, 0) is 12.8 Å². The number of fused-ring (bicyclic) bond motifs is 1. The Bertz CT molecular complexity index is 583. The predicted octanol–water partition coefficient (Wildman–Crippen LogP) is 0.0219. The lowest BCUT2D eigenvalue weighted by molar-refractivity contribution is 0.0923. The molecule has 2 N–H and O–H groups in total. The van der Waals surface area contributed by atoms with E-state index in [0.717, 1.165) is 26.1 Å². The van der Waals surface area contributed by atoms with Crippen molar-refractivity contribution >= 4 is 5.91 Å². The molecule has 2 heterocycles. The molecule has 0 bridgehead atoms. The Morgan fingerprint density at radius 1 is 1.37 bits per heavy atom. The van der Waals surface area contributed by atoms with Gasteiger partial charge in [-0.2, -0.15) is 0 Å². The van der Waals surface area contributed by atoms with Crippen LogP contribution in [0.2, 0.25) is 0 Å². The lowest BCUT2D eigenvalue weighted by Gasteiger charge is -2.07. The summed E-state index contributed by atoms with van der Waals surface area (Å²) in [5.41, 5.74) is -0.0158. The van der Waals surface area contributed by atoms with Crippen LogP contribution in [0.3, 0.4) is 0 Å². The number of aromatic amines is 1. The molecule has 1 aromatic heterocycles. The number of aromatic nitrogens is 2. The van der Waals surface area contributed by atoms with E-state index < -0.39 is 0 Å². The van der Waals surface area contributed by atoms with Crippen LogP contribution in [0.15, 0.2) is 10.9 Å². The molecule has 1 aromatic rings. The van der Waals surface area contributed by atoms with Gasteiger partial charge in [0.15, 0.2) is 0 Å². The van der Waals surface area contributed by atoms with Gasteiger partial charge in [-0.15, -0.1) is 0 Å². The van der Waals surface area contributed by atoms with Crippen LogP contribution in [0.1, 0.15) is 35.1 Å². The van der Waals surface area contributed by atoms with Crippen LogP contribution < -0.4 is 10.9 Å². The maximum atomic E-state index is 12.1. The molecule has 3 atom stereocenters. The normalized spacial score (nSPS) is 31.9. The van der Waals surface area contributed by atoms with Crippen molar-refractivity contribution in [3.63, 3.8) is 0 Å². The Labute approximate surface area is 109 Å². The van der Waals surface area contributed by atoms with Crippen molar-refractivity contribution in [3.05, 3.63) is 27.9 Å². The summed E-state index contributed by atoms with van der Waals surface area (Å²) in [5.74, 6) is 1.64. The van der Waals surface area contributed by atoms with Gasteiger partial charge in [0, 0.05) is 29.9 Å². The summed E-state index contributed by atoms with van der Waals surface area (Å²) in [7, 11) is 0. The van der Waals surface area contributed by atoms with Crippen molar-refractivity contribution in [1.29, 1.82) is 0 Å². The summed E-state index contributed by atoms with van der Waals surface area (Å²) >= 11 is 0. The van der Waals surface area contributed by atoms with Crippen LogP contribution in [0.5, 0.6) is 0 Å². The molecule has 1 amide bonds. The van der Waals surface area contributed by atoms with E-state index in [2.05, 4.69) is 15.3 Å². The fourth-order valence-corrected chi connectivity index (χ4v) is 2.82. The lowest BCUT2D eigenvalue weighted by atomic mass is 10.3. The third-order valence-corrected chi connectivity index (χ3v) is 4.21. The van der Waals surface area contributed by atoms with E-state index >= 15 is 0 Å². The fourth-order valence-electron chi connectivity index (χ4n) is 2.82. The number of nitrogens with one attached hydrogen (secondary N) is 2. The second-order valence-electron chi connectivity index (χ2n) is 5.65. The summed E-state index contributed by atoms with van der Waals surface area (Å²) in [4.78, 5) is 30.6. The van der Waals surface area contributed by atoms with Crippen molar-refractivity contribution in [2.45, 2.75) is 24.8 Å². The molecule has 4 rings (SSSR count). The Balaban J connectivity index is 1.51. The molecular formula is C13H15N3O3. The first-order chi connectivity index (χ1) is 9.22. The largest absolute Gasteiger partial charge is 0.381 e. The molecule has 100 valence electrons. The molecule has 1 saturated heterocycles. The number of H-pyrrole nitrogens is 1. The molecule has 0 spiro atoms. The number of hydrogen-bond donors (Lipinski definition) is 2. The zero-order valence-electron chi connectivity index (χ0n) is 10.4. The van der Waals surface area contributed by atoms with Crippen LogP contribution in [0.4, 0.5) is 0 Å². The van der Waals surface area contributed by atoms with Gasteiger partial charge in [0.1, 0.15) is 11.5 Å². The monoisotopic (exact) mass is 261 g/mol. The highest BCUT2D eigenvalue weighted by Crippen LogP contribution is 2.44. The van der Waals surface area contributed by atoms with Crippen LogP contribution in [-0.2, 0) is 4.74 Å². The Morgan fingerprint density at radius 2 is 2.11 bits per heavy atom. The van der Waals surface area contributed by atoms with Crippen LogP contribution >= 0.6 is 0 Å². The zero-order valence-corrected chi connectivity index (χ0v) is 10.4. The minimum Gasteiger partial charge on any atom is -0.381 e. The molecule has 0 radical (unpaired) electrons. The molecule has 6 nitrogen and oxygen atoms in total. The summed E-state index contributed by atoms with van der Waals surface area (Å²) in [6.45, 7) is 1.46. The van der Waals surface area contributed by atoms with Crippen LogP contribution in [-0.4, -0.2) is 35.1 Å². The average Bonchev–Trinajstić information content (AvgIpc) is 3.29. The van der Waals surface area contributed by atoms with Gasteiger partial charge >= 0.3 is 0 Å². The summed E-state index contributed by atoms with van der Waals surface area (Å²) in [5, 5.41) is 2.95. The smallest absolute Gasteiger partial charge is 0.270 e. The van der Waals surface area contributed by atoms with Crippen molar-refractivity contribution in [3.8, 4) is 0 Å². The van der Waals surface area contributed by atoms with Crippen LogP contribution in [0, 0.1) is 11.8 Å². The van der Waals surface area contributed by atoms with Crippen molar-refractivity contribution in [1.82, 2.24) is 15.3 Å². The zero-order chi connectivity index (χ0) is 13.0. The van der Waals surface area contributed by atoms with E-state index in [-0.39, 0.29) is 23.2 Å². The number of hydrogen-bond acceptors (Lipinski definition) is 4. The lowest BCUT2D eigenvalue weighted by Crippen LogP contribution is -2.32. The first-order valence-corrected chi connectivity index (χ1v) is 6.72. The topological polar surface area (TPSA) is 84.1 Å². The van der Waals surface area contributed by atoms with E-state index in [0.29, 0.717) is 23.6 Å². The van der Waals surface area contributed by atoms with E-state index in [1.165, 1.54) is 6.07 Å². The molecule has 1 unspecified atom stereocenters. The van der Waals surface area contributed by atoms with Crippen molar-refractivity contribution < 1.29 is 9.53 Å². The van der Waals surface area contributed by atoms with Crippen molar-refractivity contribution in [2.75, 3.05) is 13.2 Å². The standard InChI is InChI=1S/C13H15N3O3/c17-10-3-9(14-12(15-10)6-1-2-6)13(18)16-11-7-4-19-5-8(7)11/h3,6-8,11H,1-2,4-5H2,(H,16,18)(H,14,15,17)/t7-,8+,11?. The minimum atomic E-state index is -0.249. The number of carbonyl (C=O) groups is 1. The van der Waals surface area contributed by atoms with E-state index in [4.69, 9.17) is 4.74 Å². The van der Waals surface area contributed by atoms with E-state index in [1.54, 1.807) is 0 Å². The SMILES string of the molecule is O=C(NC1[C@H]2COC[C@@H]12)c1cc(=O)[nH]c(C2CC2)n1. The number of carbonyl (C=O) groups excluding carboxylic acids is 1. The number of amides is 1. The number of ether oxygens (including phenoxy) is 1. The van der Waals surface area contributed by atoms with Crippen molar-refractivity contribution in [2.24, 2.45) is 11.8 Å². The molecule has 6 heteroatoms. The number of rotatable bonds is 3. The fraction of sp³-hybridized carbons (Fsp3) is 0.615. The van der Waals surface area contributed by atoms with Gasteiger partial charge in [-0.1, -0.05) is 0 Å². The Kier molecular flexibility index (Phi) is 2.29. The third-order valence-electron chi connectivity index (χ3n) is 4.21. The van der Waals surface area contributed by atoms with Gasteiger partial charge in [-0.25, -0.2) is 4.98 Å². The second-order valence-corrected chi connectivity index (χ2v) is 5.65. The first kappa shape index (κ1) is 11.2. The molecule has 19 heavy (non-hydrogen) atoms. The van der Waals surface area contributed by atoms with E-state index in [1.807, 2.05) is 0 Å². The molecule has 3 aliphatic rings. The maximum absolute atomic E-state index is 12.1. The Hall–Kier alpha value is -1.69. The highest BCUT2D eigenvalue weighted by molar-refractivity contribution is 5.92. The van der Waals surface area contributed by atoms with Gasteiger partial charge in [0.25, 0.3) is 11.5 Å². The van der Waals surface area contributed by atoms with Gasteiger partial charge in [0.05, 0.1) is 13.2 Å². The van der Waals surface area contributed by atoms with E-state index in [9.17, 15) is 9.59 Å². The quantitative estimate of drug-likeness (QED) is 0.803. The van der Waals surface area contributed by atoms with Gasteiger partial charge in [0.2, 0.25) is 0 Å². The van der Waals surface area contributed by atoms with Gasteiger partial charge < -0.3 is 15.0 Å². The maximum Gasteiger partial charge on any atom is 0.270 e.